The molecule has 0 spiro atoms. The van der Waals surface area contributed by atoms with Crippen molar-refractivity contribution in [1.82, 2.24) is 24.9 Å². The molecule has 1 N–H and O–H groups in total. The Hall–Kier alpha value is -2.60. The third kappa shape index (κ3) is 3.51. The Bertz CT molecular complexity index is 729. The first-order valence-corrected chi connectivity index (χ1v) is 8.74. The molecule has 1 saturated heterocycles. The lowest BCUT2D eigenvalue weighted by molar-refractivity contribution is -0.132. The van der Waals surface area contributed by atoms with E-state index in [9.17, 15) is 14.9 Å². The van der Waals surface area contributed by atoms with Gasteiger partial charge in [0.15, 0.2) is 0 Å². The van der Waals surface area contributed by atoms with Crippen LogP contribution in [-0.2, 0) is 29.2 Å². The van der Waals surface area contributed by atoms with Gasteiger partial charge in [-0.25, -0.2) is 4.79 Å². The Morgan fingerprint density at radius 3 is 2.77 bits per heavy atom. The first kappa shape index (κ1) is 18.2. The van der Waals surface area contributed by atoms with Crippen LogP contribution in [0.5, 0.6) is 0 Å². The number of carbonyl (C=O) groups is 2. The molecular formula is C17H24N6O3. The van der Waals surface area contributed by atoms with Crippen LogP contribution in [0.2, 0.25) is 0 Å². The molecule has 3 rings (SSSR count). The van der Waals surface area contributed by atoms with Crippen LogP contribution in [0.4, 0.5) is 4.79 Å². The number of amides is 3. The van der Waals surface area contributed by atoms with Gasteiger partial charge >= 0.3 is 6.03 Å². The average molecular weight is 360 g/mol. The van der Waals surface area contributed by atoms with Crippen LogP contribution in [0, 0.1) is 16.7 Å². The van der Waals surface area contributed by atoms with Gasteiger partial charge in [-0.15, -0.1) is 0 Å². The first-order chi connectivity index (χ1) is 12.4. The van der Waals surface area contributed by atoms with Crippen molar-refractivity contribution in [3.63, 3.8) is 0 Å². The van der Waals surface area contributed by atoms with Crippen LogP contribution >= 0.6 is 0 Å². The molecule has 0 saturated carbocycles. The summed E-state index contributed by atoms with van der Waals surface area (Å²) in [5.41, 5.74) is 0.663. The average Bonchev–Trinajstić information content (AvgIpc) is 3.07. The quantitative estimate of drug-likeness (QED) is 0.836. The van der Waals surface area contributed by atoms with Gasteiger partial charge in [-0.3, -0.25) is 9.48 Å². The van der Waals surface area contributed by atoms with Crippen molar-refractivity contribution in [2.75, 3.05) is 33.9 Å². The van der Waals surface area contributed by atoms with Gasteiger partial charge in [-0.1, -0.05) is 0 Å². The van der Waals surface area contributed by atoms with Gasteiger partial charge in [0, 0.05) is 33.9 Å². The van der Waals surface area contributed by atoms with E-state index < -0.39 is 5.41 Å². The molecule has 1 aromatic rings. The van der Waals surface area contributed by atoms with E-state index in [2.05, 4.69) is 16.5 Å². The van der Waals surface area contributed by atoms with E-state index in [0.29, 0.717) is 45.7 Å². The molecule has 9 nitrogen and oxygen atoms in total. The lowest BCUT2D eigenvalue weighted by Crippen LogP contribution is -2.43. The van der Waals surface area contributed by atoms with Crippen LogP contribution < -0.4 is 5.32 Å². The molecule has 0 aliphatic carbocycles. The summed E-state index contributed by atoms with van der Waals surface area (Å²) in [5.74, 6) is -0.265. The minimum absolute atomic E-state index is 0.0252. The Balaban J connectivity index is 1.62. The normalized spacial score (nSPS) is 18.6. The number of carbonyl (C=O) groups excluding carboxylic acids is 2. The van der Waals surface area contributed by atoms with Crippen LogP contribution in [0.25, 0.3) is 0 Å². The topological polar surface area (TPSA) is 103 Å². The van der Waals surface area contributed by atoms with Gasteiger partial charge in [0.1, 0.15) is 5.41 Å². The molecule has 0 unspecified atom stereocenters. The fourth-order valence-electron chi connectivity index (χ4n) is 3.31. The molecule has 9 heteroatoms. The smallest absolute Gasteiger partial charge is 0.319 e. The zero-order valence-electron chi connectivity index (χ0n) is 15.2. The van der Waals surface area contributed by atoms with Gasteiger partial charge < -0.3 is 19.9 Å². The van der Waals surface area contributed by atoms with E-state index in [-0.39, 0.29) is 18.5 Å². The van der Waals surface area contributed by atoms with Crippen LogP contribution in [0.1, 0.15) is 24.2 Å². The second-order valence-electron chi connectivity index (χ2n) is 6.94. The largest absolute Gasteiger partial charge is 0.381 e. The van der Waals surface area contributed by atoms with E-state index in [0.717, 1.165) is 11.4 Å². The Labute approximate surface area is 152 Å². The Morgan fingerprint density at radius 2 is 2.12 bits per heavy atom. The standard InChI is InChI=1S/C17H24N6O3/c1-21(2)16(25)22-5-6-23-14(11-22)9-13(20-23)10-19-15(24)17(12-18)3-7-26-8-4-17/h9H,3-8,10-11H2,1-2H3,(H,19,24). The SMILES string of the molecule is CN(C)C(=O)N1CCn2nc(CNC(=O)C3(C#N)CCOCC3)cc2C1. The predicted molar refractivity (Wildman–Crippen MR) is 91.7 cm³/mol. The maximum Gasteiger partial charge on any atom is 0.319 e. The summed E-state index contributed by atoms with van der Waals surface area (Å²) >= 11 is 0. The van der Waals surface area contributed by atoms with E-state index in [1.54, 1.807) is 23.9 Å². The highest BCUT2D eigenvalue weighted by Crippen LogP contribution is 2.30. The predicted octanol–water partition coefficient (Wildman–Crippen LogP) is 0.317. The summed E-state index contributed by atoms with van der Waals surface area (Å²) in [6.07, 6.45) is 0.827. The van der Waals surface area contributed by atoms with E-state index in [1.807, 2.05) is 10.7 Å². The fourth-order valence-corrected chi connectivity index (χ4v) is 3.31. The third-order valence-corrected chi connectivity index (χ3v) is 4.93. The fraction of sp³-hybridized carbons (Fsp3) is 0.647. The summed E-state index contributed by atoms with van der Waals surface area (Å²) in [5, 5.41) is 16.8. The highest BCUT2D eigenvalue weighted by Gasteiger charge is 2.40. The first-order valence-electron chi connectivity index (χ1n) is 8.74. The Morgan fingerprint density at radius 1 is 1.38 bits per heavy atom. The molecule has 3 amide bonds. The maximum absolute atomic E-state index is 12.5. The van der Waals surface area contributed by atoms with Crippen molar-refractivity contribution in [1.29, 1.82) is 5.26 Å². The summed E-state index contributed by atoms with van der Waals surface area (Å²) in [7, 11) is 3.47. The highest BCUT2D eigenvalue weighted by molar-refractivity contribution is 5.85. The van der Waals surface area contributed by atoms with Crippen molar-refractivity contribution in [3.05, 3.63) is 17.5 Å². The van der Waals surface area contributed by atoms with Crippen LogP contribution in [0.3, 0.4) is 0 Å². The molecule has 3 heterocycles. The number of nitriles is 1. The van der Waals surface area contributed by atoms with Crippen molar-refractivity contribution in [2.45, 2.75) is 32.5 Å². The van der Waals surface area contributed by atoms with Crippen molar-refractivity contribution in [2.24, 2.45) is 5.41 Å². The van der Waals surface area contributed by atoms with Gasteiger partial charge in [0.2, 0.25) is 5.91 Å². The number of nitrogens with one attached hydrogen (secondary N) is 1. The molecule has 2 aliphatic rings. The van der Waals surface area contributed by atoms with Crippen molar-refractivity contribution in [3.8, 4) is 6.07 Å². The third-order valence-electron chi connectivity index (χ3n) is 4.93. The molecule has 0 radical (unpaired) electrons. The van der Waals surface area contributed by atoms with E-state index >= 15 is 0 Å². The van der Waals surface area contributed by atoms with Gasteiger partial charge in [-0.2, -0.15) is 10.4 Å². The van der Waals surface area contributed by atoms with Gasteiger partial charge in [-0.05, 0) is 18.9 Å². The number of hydrogen-bond donors (Lipinski definition) is 1. The number of fused-ring (bicyclic) bond motifs is 1. The molecule has 2 aliphatic heterocycles. The van der Waals surface area contributed by atoms with Crippen LogP contribution in [0.15, 0.2) is 6.07 Å². The lowest BCUT2D eigenvalue weighted by atomic mass is 9.81. The zero-order valence-corrected chi connectivity index (χ0v) is 15.2. The molecule has 0 atom stereocenters. The summed E-state index contributed by atoms with van der Waals surface area (Å²) in [6, 6.07) is 4.04. The highest BCUT2D eigenvalue weighted by atomic mass is 16.5. The summed E-state index contributed by atoms with van der Waals surface area (Å²) in [6.45, 7) is 2.85. The zero-order chi connectivity index (χ0) is 18.7. The molecule has 140 valence electrons. The Kier molecular flexibility index (Phi) is 5.13. The van der Waals surface area contributed by atoms with Crippen molar-refractivity contribution >= 4 is 11.9 Å². The molecule has 1 fully saturated rings. The minimum atomic E-state index is -1.01. The van der Waals surface area contributed by atoms with E-state index in [4.69, 9.17) is 4.74 Å². The number of ether oxygens (including phenoxy) is 1. The molecule has 26 heavy (non-hydrogen) atoms. The molecule has 0 bridgehead atoms. The number of hydrogen-bond acceptors (Lipinski definition) is 5. The summed E-state index contributed by atoms with van der Waals surface area (Å²) < 4.78 is 7.13. The van der Waals surface area contributed by atoms with Gasteiger partial charge in [0.05, 0.1) is 37.1 Å². The summed E-state index contributed by atoms with van der Waals surface area (Å²) in [4.78, 5) is 27.9. The van der Waals surface area contributed by atoms with E-state index in [1.165, 1.54) is 0 Å². The monoisotopic (exact) mass is 360 g/mol. The lowest BCUT2D eigenvalue weighted by Gasteiger charge is -2.29. The minimum Gasteiger partial charge on any atom is -0.381 e. The number of nitrogens with zero attached hydrogens (tertiary/aromatic N) is 5. The number of aromatic nitrogens is 2. The second-order valence-corrected chi connectivity index (χ2v) is 6.94. The molecule has 0 aromatic carbocycles. The molecular weight excluding hydrogens is 336 g/mol. The molecule has 1 aromatic heterocycles. The van der Waals surface area contributed by atoms with Gasteiger partial charge in [0.25, 0.3) is 0 Å². The van der Waals surface area contributed by atoms with Crippen LogP contribution in [-0.4, -0.2) is 65.4 Å². The number of rotatable bonds is 3. The second kappa shape index (κ2) is 7.33. The number of urea groups is 1. The van der Waals surface area contributed by atoms with Crippen molar-refractivity contribution < 1.29 is 14.3 Å². The maximum atomic E-state index is 12.5.